The number of rotatable bonds is 6. The van der Waals surface area contributed by atoms with E-state index in [0.717, 1.165) is 43.7 Å². The number of aromatic nitrogens is 8. The zero-order chi connectivity index (χ0) is 27.9. The largest absolute Gasteiger partial charge is 0.276 e. The summed E-state index contributed by atoms with van der Waals surface area (Å²) in [6, 6.07) is 17.1. The van der Waals surface area contributed by atoms with Crippen LogP contribution in [-0.2, 0) is 0 Å². The molecule has 0 saturated carbocycles. The van der Waals surface area contributed by atoms with Gasteiger partial charge in [0.05, 0.1) is 36.2 Å². The van der Waals surface area contributed by atoms with Crippen LogP contribution in [0.15, 0.2) is 123 Å². The molecule has 0 aliphatic rings. The highest BCUT2D eigenvalue weighted by molar-refractivity contribution is 6.28. The summed E-state index contributed by atoms with van der Waals surface area (Å²) in [7, 11) is 0. The Hall–Kier alpha value is -6.16. The van der Waals surface area contributed by atoms with Crippen LogP contribution < -0.4 is 9.80 Å². The minimum absolute atomic E-state index is 0.644. The molecule has 8 aromatic rings. The van der Waals surface area contributed by atoms with Gasteiger partial charge in [0.1, 0.15) is 0 Å². The van der Waals surface area contributed by atoms with E-state index in [0.29, 0.717) is 23.3 Å². The molecule has 0 atom stereocenters. The van der Waals surface area contributed by atoms with Gasteiger partial charge in [0, 0.05) is 60.3 Å². The summed E-state index contributed by atoms with van der Waals surface area (Å²) in [5.74, 6) is 2.57. The van der Waals surface area contributed by atoms with Crippen molar-refractivity contribution in [3.05, 3.63) is 123 Å². The molecular formula is C32H20N10. The fourth-order valence-electron chi connectivity index (χ4n) is 5.52. The summed E-state index contributed by atoms with van der Waals surface area (Å²) in [6.07, 6.45) is 20.2. The van der Waals surface area contributed by atoms with E-state index in [2.05, 4.69) is 88.4 Å². The predicted molar refractivity (Wildman–Crippen MR) is 162 cm³/mol. The molecule has 0 aliphatic heterocycles. The lowest BCUT2D eigenvalue weighted by Crippen LogP contribution is -2.14. The minimum atomic E-state index is 0.644. The van der Waals surface area contributed by atoms with E-state index in [1.165, 1.54) is 0 Å². The van der Waals surface area contributed by atoms with Crippen molar-refractivity contribution in [2.45, 2.75) is 0 Å². The van der Waals surface area contributed by atoms with Crippen molar-refractivity contribution in [2.24, 2.45) is 0 Å². The molecule has 0 radical (unpaired) electrons. The monoisotopic (exact) mass is 544 g/mol. The zero-order valence-electron chi connectivity index (χ0n) is 22.0. The smallest absolute Gasteiger partial charge is 0.157 e. The molecule has 0 bridgehead atoms. The molecule has 0 aliphatic carbocycles. The molecule has 198 valence electrons. The van der Waals surface area contributed by atoms with E-state index in [1.807, 2.05) is 9.80 Å². The molecule has 0 amide bonds. The number of hydrogen-bond acceptors (Lipinski definition) is 10. The quantitative estimate of drug-likeness (QED) is 0.210. The van der Waals surface area contributed by atoms with Gasteiger partial charge in [-0.25, -0.2) is 19.9 Å². The summed E-state index contributed by atoms with van der Waals surface area (Å²) in [6.45, 7) is 0. The maximum Gasteiger partial charge on any atom is 0.157 e. The van der Waals surface area contributed by atoms with Gasteiger partial charge in [-0.05, 0) is 33.7 Å². The number of benzene rings is 4. The van der Waals surface area contributed by atoms with Gasteiger partial charge in [0.2, 0.25) is 0 Å². The highest BCUT2D eigenvalue weighted by Crippen LogP contribution is 2.46. The molecule has 4 aromatic heterocycles. The topological polar surface area (TPSA) is 110 Å². The lowest BCUT2D eigenvalue weighted by Gasteiger charge is -2.26. The van der Waals surface area contributed by atoms with Crippen LogP contribution in [0.2, 0.25) is 0 Å². The first-order valence-electron chi connectivity index (χ1n) is 13.2. The molecule has 0 unspecified atom stereocenters. The van der Waals surface area contributed by atoms with E-state index in [-0.39, 0.29) is 0 Å². The van der Waals surface area contributed by atoms with Crippen LogP contribution in [0.1, 0.15) is 0 Å². The second-order valence-electron chi connectivity index (χ2n) is 9.52. The number of anilines is 6. The summed E-state index contributed by atoms with van der Waals surface area (Å²) < 4.78 is 0. The van der Waals surface area contributed by atoms with Crippen molar-refractivity contribution >= 4 is 67.0 Å². The molecular weight excluding hydrogens is 524 g/mol. The third-order valence-electron chi connectivity index (χ3n) is 7.21. The van der Waals surface area contributed by atoms with Gasteiger partial charge in [-0.1, -0.05) is 36.4 Å². The summed E-state index contributed by atoms with van der Waals surface area (Å²) in [4.78, 5) is 39.7. The van der Waals surface area contributed by atoms with E-state index in [9.17, 15) is 0 Å². The Bertz CT molecular complexity index is 1910. The van der Waals surface area contributed by atoms with Crippen molar-refractivity contribution in [3.8, 4) is 0 Å². The molecule has 0 fully saturated rings. The molecule has 42 heavy (non-hydrogen) atoms. The molecule has 8 rings (SSSR count). The van der Waals surface area contributed by atoms with Crippen LogP contribution >= 0.6 is 0 Å². The van der Waals surface area contributed by atoms with Gasteiger partial charge in [0.25, 0.3) is 0 Å². The van der Waals surface area contributed by atoms with E-state index in [4.69, 9.17) is 0 Å². The Balaban J connectivity index is 1.42. The maximum atomic E-state index is 4.61. The molecule has 0 spiro atoms. The van der Waals surface area contributed by atoms with Gasteiger partial charge >= 0.3 is 0 Å². The SMILES string of the molecule is c1cnc(N(c2cnccn2)c2ccc3ccc4c(N(c5cnccn5)c5cnccn5)ccc5ccc2c3c54)cn1. The first-order chi connectivity index (χ1) is 20.9. The Labute approximate surface area is 239 Å². The third-order valence-corrected chi connectivity index (χ3v) is 7.21. The van der Waals surface area contributed by atoms with Crippen LogP contribution in [0.3, 0.4) is 0 Å². The summed E-state index contributed by atoms with van der Waals surface area (Å²) in [5.41, 5.74) is 1.84. The number of hydrogen-bond donors (Lipinski definition) is 0. The van der Waals surface area contributed by atoms with Crippen LogP contribution in [0.5, 0.6) is 0 Å². The van der Waals surface area contributed by atoms with Crippen molar-refractivity contribution < 1.29 is 0 Å². The molecule has 0 N–H and O–H groups in total. The highest BCUT2D eigenvalue weighted by Gasteiger charge is 2.23. The highest BCUT2D eigenvalue weighted by atomic mass is 15.3. The van der Waals surface area contributed by atoms with Crippen molar-refractivity contribution in [2.75, 3.05) is 9.80 Å². The molecule has 10 heteroatoms. The standard InChI is InChI=1S/C32H20N10/c1-5-23-25(41(27-17-33-9-13-37-27)28-18-34-10-14-38-28)8-4-22-2-6-24-26(7-3-21(1)31(24)32(22)23)42(29-19-35-11-15-39-29)30-20-36-12-16-40-30/h1-20H. The lowest BCUT2D eigenvalue weighted by atomic mass is 9.92. The molecule has 0 saturated heterocycles. The maximum absolute atomic E-state index is 4.61. The minimum Gasteiger partial charge on any atom is -0.276 e. The second kappa shape index (κ2) is 9.79. The van der Waals surface area contributed by atoms with E-state index in [1.54, 1.807) is 74.4 Å². The summed E-state index contributed by atoms with van der Waals surface area (Å²) in [5, 5.41) is 6.58. The van der Waals surface area contributed by atoms with Gasteiger partial charge in [-0.15, -0.1) is 0 Å². The fourth-order valence-corrected chi connectivity index (χ4v) is 5.52. The van der Waals surface area contributed by atoms with Crippen molar-refractivity contribution in [1.82, 2.24) is 39.9 Å². The molecule has 10 nitrogen and oxygen atoms in total. The first kappa shape index (κ1) is 23.7. The normalized spacial score (nSPS) is 11.3. The van der Waals surface area contributed by atoms with Crippen LogP contribution in [0.4, 0.5) is 34.6 Å². The van der Waals surface area contributed by atoms with Gasteiger partial charge in [-0.2, -0.15) is 0 Å². The van der Waals surface area contributed by atoms with Crippen LogP contribution in [0.25, 0.3) is 32.3 Å². The molecule has 4 aromatic carbocycles. The summed E-state index contributed by atoms with van der Waals surface area (Å²) >= 11 is 0. The van der Waals surface area contributed by atoms with Crippen molar-refractivity contribution in [1.29, 1.82) is 0 Å². The van der Waals surface area contributed by atoms with E-state index < -0.39 is 0 Å². The Morgan fingerprint density at radius 3 is 1.00 bits per heavy atom. The Morgan fingerprint density at radius 1 is 0.357 bits per heavy atom. The van der Waals surface area contributed by atoms with Crippen LogP contribution in [-0.4, -0.2) is 39.9 Å². The van der Waals surface area contributed by atoms with Gasteiger partial charge < -0.3 is 0 Å². The fraction of sp³-hybridized carbons (Fsp3) is 0. The Morgan fingerprint density at radius 2 is 0.690 bits per heavy atom. The van der Waals surface area contributed by atoms with Crippen LogP contribution in [0, 0.1) is 0 Å². The third kappa shape index (κ3) is 3.81. The zero-order valence-corrected chi connectivity index (χ0v) is 22.0. The van der Waals surface area contributed by atoms with E-state index >= 15 is 0 Å². The average molecular weight is 545 g/mol. The first-order valence-corrected chi connectivity index (χ1v) is 13.2. The Kier molecular flexibility index (Phi) is 5.52. The second-order valence-corrected chi connectivity index (χ2v) is 9.52. The number of nitrogens with zero attached hydrogens (tertiary/aromatic N) is 10. The van der Waals surface area contributed by atoms with Crippen molar-refractivity contribution in [3.63, 3.8) is 0 Å². The molecule has 4 heterocycles. The van der Waals surface area contributed by atoms with Gasteiger partial charge in [-0.3, -0.25) is 29.7 Å². The average Bonchev–Trinajstić information content (AvgIpc) is 3.07. The predicted octanol–water partition coefficient (Wildman–Crippen LogP) is 6.68. The lowest BCUT2D eigenvalue weighted by molar-refractivity contribution is 1.07. The van der Waals surface area contributed by atoms with Gasteiger partial charge in [0.15, 0.2) is 23.3 Å².